The molecule has 4 aliphatic rings. The van der Waals surface area contributed by atoms with Crippen LogP contribution in [0.3, 0.4) is 0 Å². The summed E-state index contributed by atoms with van der Waals surface area (Å²) in [6.45, 7) is 6.05. The molecule has 0 spiro atoms. The minimum atomic E-state index is -0.870. The number of likely N-dealkylation sites (tertiary alicyclic amines) is 1. The number of carbonyl (C=O) groups excluding carboxylic acids is 5. The number of Topliss-reactive ketones (excluding diaryl/α,β-unsaturated/α-hetero) is 1. The van der Waals surface area contributed by atoms with Gasteiger partial charge in [0.1, 0.15) is 12.1 Å². The van der Waals surface area contributed by atoms with E-state index in [1.54, 1.807) is 6.20 Å². The number of urea groups is 1. The number of hydrogen-bond acceptors (Lipinski definition) is 7. The minimum Gasteiger partial charge on any atom is -0.344 e. The Labute approximate surface area is 287 Å². The van der Waals surface area contributed by atoms with Crippen LogP contribution < -0.4 is 21.7 Å². The van der Waals surface area contributed by atoms with E-state index in [1.807, 2.05) is 39.0 Å². The van der Waals surface area contributed by atoms with Gasteiger partial charge in [-0.1, -0.05) is 91.0 Å². The summed E-state index contributed by atoms with van der Waals surface area (Å²) < 4.78 is 0. The quantitative estimate of drug-likeness (QED) is 0.198. The maximum atomic E-state index is 13.9. The van der Waals surface area contributed by atoms with E-state index in [2.05, 4.69) is 26.7 Å². The maximum absolute atomic E-state index is 13.9. The van der Waals surface area contributed by atoms with E-state index in [9.17, 15) is 24.0 Å². The second kappa shape index (κ2) is 19.0. The molecule has 5 rings (SSSR count). The third-order valence-electron chi connectivity index (χ3n) is 9.95. The van der Waals surface area contributed by atoms with Crippen LogP contribution in [0, 0.1) is 11.3 Å². The molecule has 11 heteroatoms. The fourth-order valence-electron chi connectivity index (χ4n) is 7.12. The van der Waals surface area contributed by atoms with Crippen molar-refractivity contribution < 1.29 is 24.0 Å². The van der Waals surface area contributed by atoms with Crippen molar-refractivity contribution in [3.63, 3.8) is 0 Å². The first-order valence-electron chi connectivity index (χ1n) is 18.2. The number of amides is 4. The summed E-state index contributed by atoms with van der Waals surface area (Å²) in [5.74, 6) is -1.06. The van der Waals surface area contributed by atoms with Gasteiger partial charge < -0.3 is 26.6 Å². The Hall–Kier alpha value is -3.34. The van der Waals surface area contributed by atoms with Gasteiger partial charge in [0.25, 0.3) is 0 Å². The van der Waals surface area contributed by atoms with Gasteiger partial charge in [0.15, 0.2) is 6.29 Å². The average Bonchev–Trinajstić information content (AvgIpc) is 3.46. The molecule has 0 radical (unpaired) electrons. The molecule has 268 valence electrons. The number of pyridine rings is 1. The minimum absolute atomic E-state index is 0.260. The largest absolute Gasteiger partial charge is 0.344 e. The van der Waals surface area contributed by atoms with Crippen molar-refractivity contribution in [3.8, 4) is 0 Å². The molecule has 4 fully saturated rings. The van der Waals surface area contributed by atoms with E-state index in [0.29, 0.717) is 38.1 Å². The molecule has 0 aromatic carbocycles. The molecule has 11 nitrogen and oxygen atoms in total. The molecule has 48 heavy (non-hydrogen) atoms. The molecule has 2 unspecified atom stereocenters. The summed E-state index contributed by atoms with van der Waals surface area (Å²) in [6.07, 6.45) is 18.4. The van der Waals surface area contributed by atoms with Crippen molar-refractivity contribution in [1.82, 2.24) is 25.8 Å². The Morgan fingerprint density at radius 1 is 0.938 bits per heavy atom. The molecule has 0 bridgehead atoms. The molecule has 5 N–H and O–H groups in total. The van der Waals surface area contributed by atoms with Crippen molar-refractivity contribution in [1.29, 1.82) is 0 Å². The van der Waals surface area contributed by atoms with Crippen LogP contribution in [0.4, 0.5) is 4.79 Å². The van der Waals surface area contributed by atoms with E-state index in [-0.39, 0.29) is 12.2 Å². The summed E-state index contributed by atoms with van der Waals surface area (Å²) in [5.41, 5.74) is 4.35. The topological polar surface area (TPSA) is 164 Å². The lowest BCUT2D eigenvalue weighted by Crippen LogP contribution is -2.62. The van der Waals surface area contributed by atoms with E-state index in [0.717, 1.165) is 50.6 Å². The highest BCUT2D eigenvalue weighted by atomic mass is 16.2. The summed E-state index contributed by atoms with van der Waals surface area (Å²) in [7, 11) is 1.50. The highest BCUT2D eigenvalue weighted by molar-refractivity contribution is 6.28. The van der Waals surface area contributed by atoms with Gasteiger partial charge in [-0.2, -0.15) is 0 Å². The Kier molecular flexibility index (Phi) is 15.5. The summed E-state index contributed by atoms with van der Waals surface area (Å²) >= 11 is 0. The van der Waals surface area contributed by atoms with Crippen molar-refractivity contribution in [2.24, 2.45) is 17.1 Å². The zero-order valence-corrected chi connectivity index (χ0v) is 29.7. The van der Waals surface area contributed by atoms with Crippen LogP contribution in [0.2, 0.25) is 0 Å². The monoisotopic (exact) mass is 668 g/mol. The van der Waals surface area contributed by atoms with Gasteiger partial charge in [-0.15, -0.1) is 0 Å². The summed E-state index contributed by atoms with van der Waals surface area (Å²) in [5, 5.41) is 8.93. The standard InChI is InChI=1S/C31H45N5O5.C5H10.CH5N/c1-30(2,3)26(34-29(41)35-31(14-6-4-7-15-31)19-22-10-5-8-16-32-22)28(40)36-17-9-11-24(36)27(39)33-23(25(38)20-37)18-21-12-13-21;1-2-4-5-3-1;1-2/h5,8,10,16,20-21,23-24,26H,4,6-7,9,11-15,17-19H2,1-3H3,(H,33,39)(H2,34,35,41);1-5H2;2H2,1H3/t23?,24-,26?;;/m0../s1. The number of carbonyl (C=O) groups is 5. The van der Waals surface area contributed by atoms with Crippen molar-refractivity contribution in [2.45, 2.75) is 147 Å². The average molecular weight is 669 g/mol. The molecular formula is C37H60N6O5. The zero-order chi connectivity index (χ0) is 35.2. The SMILES string of the molecule is C1CCCC1.CC(C)(C)C(NC(=O)NC1(Cc2ccccn2)CCCCC1)C(=O)N1CCC[C@H]1C(=O)NC(CC1CC1)C(=O)C=O.CN. The molecule has 1 aromatic rings. The maximum Gasteiger partial charge on any atom is 0.315 e. The predicted molar refractivity (Wildman–Crippen MR) is 187 cm³/mol. The molecule has 1 saturated heterocycles. The molecule has 3 saturated carbocycles. The molecule has 3 aliphatic carbocycles. The van der Waals surface area contributed by atoms with Gasteiger partial charge in [0, 0.05) is 30.4 Å². The van der Waals surface area contributed by atoms with Crippen LogP contribution in [0.5, 0.6) is 0 Å². The molecule has 1 aromatic heterocycles. The van der Waals surface area contributed by atoms with Crippen LogP contribution in [0.25, 0.3) is 0 Å². The molecule has 3 atom stereocenters. The van der Waals surface area contributed by atoms with Crippen molar-refractivity contribution in [3.05, 3.63) is 30.1 Å². The summed E-state index contributed by atoms with van der Waals surface area (Å²) in [6, 6.07) is 2.89. The first-order valence-corrected chi connectivity index (χ1v) is 18.2. The Balaban J connectivity index is 0.000000803. The van der Waals surface area contributed by atoms with Gasteiger partial charge in [0.2, 0.25) is 17.6 Å². The number of aromatic nitrogens is 1. The van der Waals surface area contributed by atoms with Crippen molar-refractivity contribution in [2.75, 3.05) is 13.6 Å². The lowest BCUT2D eigenvalue weighted by Gasteiger charge is -2.40. The Morgan fingerprint density at radius 2 is 1.56 bits per heavy atom. The highest BCUT2D eigenvalue weighted by Crippen LogP contribution is 2.34. The number of ketones is 1. The Morgan fingerprint density at radius 3 is 2.10 bits per heavy atom. The normalized spacial score (nSPS) is 21.3. The van der Waals surface area contributed by atoms with Crippen molar-refractivity contribution >= 4 is 29.9 Å². The van der Waals surface area contributed by atoms with Gasteiger partial charge in [-0.3, -0.25) is 24.2 Å². The van der Waals surface area contributed by atoms with Crippen LogP contribution in [-0.4, -0.2) is 77.1 Å². The van der Waals surface area contributed by atoms with Gasteiger partial charge in [-0.25, -0.2) is 4.79 Å². The van der Waals surface area contributed by atoms with Gasteiger partial charge in [-0.05, 0) is 62.6 Å². The van der Waals surface area contributed by atoms with E-state index in [4.69, 9.17) is 0 Å². The van der Waals surface area contributed by atoms with E-state index < -0.39 is 46.8 Å². The number of hydrogen-bond donors (Lipinski definition) is 4. The molecule has 4 amide bonds. The number of nitrogens with zero attached hydrogens (tertiary/aromatic N) is 2. The molecule has 2 heterocycles. The summed E-state index contributed by atoms with van der Waals surface area (Å²) in [4.78, 5) is 70.1. The van der Waals surface area contributed by atoms with Gasteiger partial charge in [0.05, 0.1) is 6.04 Å². The third kappa shape index (κ3) is 12.0. The second-order valence-electron chi connectivity index (χ2n) is 15.0. The fraction of sp³-hybridized carbons (Fsp3) is 0.730. The lowest BCUT2D eigenvalue weighted by molar-refractivity contribution is -0.142. The van der Waals surface area contributed by atoms with Gasteiger partial charge >= 0.3 is 6.03 Å². The smallest absolute Gasteiger partial charge is 0.315 e. The zero-order valence-electron chi connectivity index (χ0n) is 29.7. The van der Waals surface area contributed by atoms with Crippen LogP contribution in [0.1, 0.15) is 123 Å². The molecular weight excluding hydrogens is 608 g/mol. The van der Waals surface area contributed by atoms with Crippen LogP contribution in [-0.2, 0) is 25.6 Å². The number of nitrogens with two attached hydrogens (primary N) is 1. The highest BCUT2D eigenvalue weighted by Gasteiger charge is 2.44. The lowest BCUT2D eigenvalue weighted by atomic mass is 9.78. The third-order valence-corrected chi connectivity index (χ3v) is 9.95. The second-order valence-corrected chi connectivity index (χ2v) is 15.0. The number of nitrogens with one attached hydrogen (secondary N) is 3. The van der Waals surface area contributed by atoms with E-state index >= 15 is 0 Å². The van der Waals surface area contributed by atoms with Crippen LogP contribution in [0.15, 0.2) is 24.4 Å². The Bertz CT molecular complexity index is 1180. The molecule has 1 aliphatic heterocycles. The number of rotatable bonds is 11. The van der Waals surface area contributed by atoms with E-state index in [1.165, 1.54) is 44.1 Å². The first-order chi connectivity index (χ1) is 23.0. The fourth-order valence-corrected chi connectivity index (χ4v) is 7.12. The number of aldehydes is 1. The first kappa shape index (κ1) is 39.1. The van der Waals surface area contributed by atoms with Crippen LogP contribution >= 0.6 is 0 Å². The predicted octanol–water partition coefficient (Wildman–Crippen LogP) is 4.61.